The normalized spacial score (nSPS) is 33.6. The minimum atomic E-state index is -0.997. The highest BCUT2D eigenvalue weighted by Gasteiger charge is 2.62. The molecule has 0 bridgehead atoms. The summed E-state index contributed by atoms with van der Waals surface area (Å²) < 4.78 is 5.13. The summed E-state index contributed by atoms with van der Waals surface area (Å²) in [4.78, 5) is 26.4. The number of ketones is 1. The molecule has 2 saturated carbocycles. The van der Waals surface area contributed by atoms with Gasteiger partial charge in [0.05, 0.1) is 0 Å². The van der Waals surface area contributed by atoms with E-state index in [4.69, 9.17) is 4.74 Å². The van der Waals surface area contributed by atoms with Crippen molar-refractivity contribution >= 4 is 17.4 Å². The maximum Gasteiger partial charge on any atom is 0.307 e. The molecule has 4 aliphatic rings. The highest BCUT2D eigenvalue weighted by molar-refractivity contribution is 6.06. The number of carbonyl (C=O) groups excluding carboxylic acids is 2. The second-order valence-corrected chi connectivity index (χ2v) is 11.6. The summed E-state index contributed by atoms with van der Waals surface area (Å²) in [5.41, 5.74) is 5.35. The van der Waals surface area contributed by atoms with Gasteiger partial charge in [0.25, 0.3) is 0 Å². The Kier molecular flexibility index (Phi) is 6.44. The smallest absolute Gasteiger partial charge is 0.307 e. The second kappa shape index (κ2) is 9.33. The summed E-state index contributed by atoms with van der Waals surface area (Å²) in [6.07, 6.45) is 7.86. The first-order chi connectivity index (χ1) is 17.6. The number of fused-ring (bicyclic) bond motifs is 4. The van der Waals surface area contributed by atoms with Crippen LogP contribution in [-0.2, 0) is 14.3 Å². The molecule has 4 aliphatic carbocycles. The van der Waals surface area contributed by atoms with Gasteiger partial charge in [-0.1, -0.05) is 30.6 Å². The number of allylic oxidation sites excluding steroid dienone is 5. The first kappa shape index (κ1) is 25.5. The molecule has 0 aliphatic heterocycles. The van der Waals surface area contributed by atoms with Gasteiger partial charge in [-0.3, -0.25) is 9.59 Å². The van der Waals surface area contributed by atoms with Crippen molar-refractivity contribution in [3.05, 3.63) is 64.5 Å². The van der Waals surface area contributed by atoms with Crippen LogP contribution in [0.2, 0.25) is 0 Å². The van der Waals surface area contributed by atoms with Crippen LogP contribution in [0.1, 0.15) is 70.8 Å². The van der Waals surface area contributed by atoms with Crippen LogP contribution in [0.5, 0.6) is 0 Å². The standard InChI is InChI=1S/C32H37NO4/c1-6-14-32(36)15-13-28-25-12-9-22-17-29(35)23(19-37-20(2)34)16-26(22)30(25)27(18-31(28,32)3)21-7-10-24(11-8-21)33(4)5/h7-8,10-11,17,19,25,27-28,36H,9,12-13,15-16,18H2,1-5H3/t25-,27+,28-,31-,32-/m0/s1. The van der Waals surface area contributed by atoms with Gasteiger partial charge in [0.1, 0.15) is 11.9 Å². The zero-order chi connectivity index (χ0) is 26.5. The topological polar surface area (TPSA) is 66.8 Å². The number of nitrogens with zero attached hydrogens (tertiary/aromatic N) is 1. The van der Waals surface area contributed by atoms with E-state index in [0.29, 0.717) is 30.3 Å². The summed E-state index contributed by atoms with van der Waals surface area (Å²) in [6.45, 7) is 5.41. The molecule has 2 fully saturated rings. The van der Waals surface area contributed by atoms with Crippen molar-refractivity contribution in [2.75, 3.05) is 19.0 Å². The monoisotopic (exact) mass is 499 g/mol. The van der Waals surface area contributed by atoms with E-state index < -0.39 is 11.6 Å². The van der Waals surface area contributed by atoms with E-state index in [9.17, 15) is 14.7 Å². The summed E-state index contributed by atoms with van der Waals surface area (Å²) in [7, 11) is 4.08. The molecule has 1 N–H and O–H groups in total. The van der Waals surface area contributed by atoms with Crippen molar-refractivity contribution in [2.24, 2.45) is 17.3 Å². The number of hydrogen-bond donors (Lipinski definition) is 1. The molecule has 0 amide bonds. The fraction of sp³-hybridized carbons (Fsp3) is 0.500. The zero-order valence-electron chi connectivity index (χ0n) is 22.6. The van der Waals surface area contributed by atoms with Gasteiger partial charge in [0.15, 0.2) is 5.78 Å². The molecule has 5 nitrogen and oxygen atoms in total. The van der Waals surface area contributed by atoms with Crippen molar-refractivity contribution in [1.82, 2.24) is 0 Å². The largest absolute Gasteiger partial charge is 0.434 e. The third-order valence-corrected chi connectivity index (χ3v) is 9.43. The fourth-order valence-electron chi connectivity index (χ4n) is 7.56. The van der Waals surface area contributed by atoms with Gasteiger partial charge in [-0.15, -0.1) is 5.92 Å². The summed E-state index contributed by atoms with van der Waals surface area (Å²) in [5.74, 6) is 6.51. The number of hydrogen-bond acceptors (Lipinski definition) is 5. The lowest BCUT2D eigenvalue weighted by atomic mass is 9.51. The van der Waals surface area contributed by atoms with E-state index in [-0.39, 0.29) is 17.1 Å². The minimum absolute atomic E-state index is 0.0694. The predicted molar refractivity (Wildman–Crippen MR) is 145 cm³/mol. The van der Waals surface area contributed by atoms with Gasteiger partial charge in [0.2, 0.25) is 0 Å². The maximum atomic E-state index is 12.9. The second-order valence-electron chi connectivity index (χ2n) is 11.6. The molecule has 0 aromatic heterocycles. The molecule has 0 heterocycles. The van der Waals surface area contributed by atoms with E-state index in [1.165, 1.54) is 29.9 Å². The van der Waals surface area contributed by atoms with Crippen LogP contribution >= 0.6 is 0 Å². The maximum absolute atomic E-state index is 12.9. The van der Waals surface area contributed by atoms with Gasteiger partial charge in [0, 0.05) is 50.0 Å². The number of aliphatic hydroxyl groups is 1. The molecule has 5 heteroatoms. The van der Waals surface area contributed by atoms with E-state index in [1.807, 2.05) is 21.0 Å². The van der Waals surface area contributed by atoms with Crippen molar-refractivity contribution < 1.29 is 19.4 Å². The van der Waals surface area contributed by atoms with Crippen LogP contribution in [-0.4, -0.2) is 36.6 Å². The van der Waals surface area contributed by atoms with E-state index in [2.05, 4.69) is 47.9 Å². The summed E-state index contributed by atoms with van der Waals surface area (Å²) >= 11 is 0. The molecule has 194 valence electrons. The SMILES string of the molecule is CC#C[C@]1(O)CC[C@H]2[C@@H]3CCC4=CC(=O)C(=COC(C)=O)CC4=C3[C@@H](c3ccc(N(C)C)cc3)C[C@@]21C. The first-order valence-corrected chi connectivity index (χ1v) is 13.4. The molecular weight excluding hydrogens is 462 g/mol. The van der Waals surface area contributed by atoms with Crippen molar-refractivity contribution in [3.63, 3.8) is 0 Å². The Morgan fingerprint density at radius 1 is 1.22 bits per heavy atom. The highest BCUT2D eigenvalue weighted by Crippen LogP contribution is 2.66. The van der Waals surface area contributed by atoms with Crippen LogP contribution in [0.3, 0.4) is 0 Å². The predicted octanol–water partition coefficient (Wildman–Crippen LogP) is 5.46. The van der Waals surface area contributed by atoms with Gasteiger partial charge in [-0.05, 0) is 85.8 Å². The molecule has 5 rings (SSSR count). The Labute approximate surface area is 220 Å². The van der Waals surface area contributed by atoms with Gasteiger partial charge in [-0.25, -0.2) is 0 Å². The molecule has 0 radical (unpaired) electrons. The third-order valence-electron chi connectivity index (χ3n) is 9.43. The number of rotatable bonds is 3. The molecule has 0 spiro atoms. The van der Waals surface area contributed by atoms with Gasteiger partial charge < -0.3 is 14.7 Å². The Balaban J connectivity index is 1.67. The molecule has 0 saturated heterocycles. The van der Waals surface area contributed by atoms with Gasteiger partial charge in [-0.2, -0.15) is 0 Å². The molecule has 1 aromatic rings. The molecule has 0 unspecified atom stereocenters. The quantitative estimate of drug-likeness (QED) is 0.259. The van der Waals surface area contributed by atoms with Crippen molar-refractivity contribution in [3.8, 4) is 11.8 Å². The number of anilines is 1. The molecular formula is C32H37NO4. The van der Waals surface area contributed by atoms with E-state index in [1.54, 1.807) is 6.08 Å². The Hall–Kier alpha value is -3.10. The van der Waals surface area contributed by atoms with Gasteiger partial charge >= 0.3 is 5.97 Å². The lowest BCUT2D eigenvalue weighted by Gasteiger charge is -2.53. The molecule has 5 atom stereocenters. The lowest BCUT2D eigenvalue weighted by Crippen LogP contribution is -2.51. The lowest BCUT2D eigenvalue weighted by molar-refractivity contribution is -0.135. The van der Waals surface area contributed by atoms with Crippen LogP contribution in [0, 0.1) is 29.1 Å². The number of carbonyl (C=O) groups is 2. The Morgan fingerprint density at radius 2 is 1.95 bits per heavy atom. The minimum Gasteiger partial charge on any atom is -0.434 e. The number of benzene rings is 1. The highest BCUT2D eigenvalue weighted by atomic mass is 16.5. The molecule has 1 aromatic carbocycles. The van der Waals surface area contributed by atoms with Crippen LogP contribution < -0.4 is 4.90 Å². The van der Waals surface area contributed by atoms with Crippen LogP contribution in [0.4, 0.5) is 5.69 Å². The Morgan fingerprint density at radius 3 is 2.59 bits per heavy atom. The van der Waals surface area contributed by atoms with E-state index >= 15 is 0 Å². The number of esters is 1. The summed E-state index contributed by atoms with van der Waals surface area (Å²) in [5, 5.41) is 11.8. The van der Waals surface area contributed by atoms with E-state index in [0.717, 1.165) is 36.9 Å². The third kappa shape index (κ3) is 4.16. The average Bonchev–Trinajstić information content (AvgIpc) is 3.12. The van der Waals surface area contributed by atoms with Crippen LogP contribution in [0.25, 0.3) is 0 Å². The summed E-state index contributed by atoms with van der Waals surface area (Å²) in [6, 6.07) is 8.75. The van der Waals surface area contributed by atoms with Crippen LogP contribution in [0.15, 0.2) is 58.9 Å². The average molecular weight is 500 g/mol. The fourth-order valence-corrected chi connectivity index (χ4v) is 7.56. The Bertz CT molecular complexity index is 1290. The zero-order valence-corrected chi connectivity index (χ0v) is 22.6. The first-order valence-electron chi connectivity index (χ1n) is 13.4. The van der Waals surface area contributed by atoms with Crippen molar-refractivity contribution in [1.29, 1.82) is 0 Å². The van der Waals surface area contributed by atoms with Crippen molar-refractivity contribution in [2.45, 2.75) is 70.8 Å². The molecule has 37 heavy (non-hydrogen) atoms. The number of ether oxygens (including phenoxy) is 1.